The number of hydrogen-bond donors (Lipinski definition) is 1. The molecule has 0 aromatic heterocycles. The summed E-state index contributed by atoms with van der Waals surface area (Å²) in [6.07, 6.45) is 1.05. The van der Waals surface area contributed by atoms with Crippen molar-refractivity contribution in [2.24, 2.45) is 5.41 Å². The molecule has 3 unspecified atom stereocenters. The zero-order valence-corrected chi connectivity index (χ0v) is 18.3. The molecule has 1 aliphatic heterocycles. The van der Waals surface area contributed by atoms with Crippen molar-refractivity contribution < 1.29 is 14.6 Å². The van der Waals surface area contributed by atoms with E-state index in [0.29, 0.717) is 13.2 Å². The number of rotatable bonds is 7. The Labute approximate surface area is 165 Å². The van der Waals surface area contributed by atoms with Crippen molar-refractivity contribution in [1.29, 1.82) is 0 Å². The lowest BCUT2D eigenvalue weighted by Gasteiger charge is -2.36. The average Bonchev–Trinajstić information content (AvgIpc) is 2.50. The van der Waals surface area contributed by atoms with Crippen LogP contribution in [0.4, 0.5) is 0 Å². The van der Waals surface area contributed by atoms with Crippen LogP contribution in [0.1, 0.15) is 60.5 Å². The highest BCUT2D eigenvalue weighted by molar-refractivity contribution is 5.31. The fourth-order valence-corrected chi connectivity index (χ4v) is 4.41. The number of ether oxygens (including phenoxy) is 2. The molecule has 2 rings (SSSR count). The molecular weight excluding hydrogens is 338 g/mol. The second kappa shape index (κ2) is 8.93. The van der Waals surface area contributed by atoms with Crippen LogP contribution in [0.25, 0.3) is 0 Å². The SMILES string of the molecule is CC1CN(CC(O)COc2ccc(C(C)(C)CC(C)(C)C)cc2)CC(C)O1. The molecular formula is C23H39NO3. The molecule has 1 aromatic rings. The van der Waals surface area contributed by atoms with Crippen LogP contribution in [-0.4, -0.2) is 54.6 Å². The molecule has 1 aliphatic rings. The first-order chi connectivity index (χ1) is 12.4. The lowest BCUT2D eigenvalue weighted by Crippen LogP contribution is -2.48. The van der Waals surface area contributed by atoms with Crippen LogP contribution in [0.15, 0.2) is 24.3 Å². The van der Waals surface area contributed by atoms with Crippen LogP contribution in [0.3, 0.4) is 0 Å². The summed E-state index contributed by atoms with van der Waals surface area (Å²) in [6.45, 7) is 18.2. The lowest BCUT2D eigenvalue weighted by atomic mass is 9.72. The van der Waals surface area contributed by atoms with Crippen LogP contribution in [-0.2, 0) is 10.2 Å². The zero-order valence-electron chi connectivity index (χ0n) is 18.3. The van der Waals surface area contributed by atoms with E-state index >= 15 is 0 Å². The van der Waals surface area contributed by atoms with Gasteiger partial charge in [0.25, 0.3) is 0 Å². The van der Waals surface area contributed by atoms with Crippen molar-refractivity contribution in [3.05, 3.63) is 29.8 Å². The third-order valence-corrected chi connectivity index (χ3v) is 5.01. The minimum atomic E-state index is -0.500. The maximum Gasteiger partial charge on any atom is 0.119 e. The molecule has 0 radical (unpaired) electrons. The van der Waals surface area contributed by atoms with Crippen LogP contribution in [0.2, 0.25) is 0 Å². The van der Waals surface area contributed by atoms with Crippen molar-refractivity contribution >= 4 is 0 Å². The Morgan fingerprint density at radius 1 is 1.07 bits per heavy atom. The van der Waals surface area contributed by atoms with Gasteiger partial charge in [-0.2, -0.15) is 0 Å². The summed E-state index contributed by atoms with van der Waals surface area (Å²) in [5.41, 5.74) is 1.73. The molecule has 1 saturated heterocycles. The number of aliphatic hydroxyl groups is 1. The molecule has 0 aliphatic carbocycles. The summed E-state index contributed by atoms with van der Waals surface area (Å²) in [5.74, 6) is 0.813. The van der Waals surface area contributed by atoms with E-state index in [4.69, 9.17) is 9.47 Å². The van der Waals surface area contributed by atoms with Crippen LogP contribution >= 0.6 is 0 Å². The lowest BCUT2D eigenvalue weighted by molar-refractivity contribution is -0.0786. The molecule has 1 fully saturated rings. The van der Waals surface area contributed by atoms with E-state index in [9.17, 15) is 5.11 Å². The van der Waals surface area contributed by atoms with Crippen molar-refractivity contribution in [3.8, 4) is 5.75 Å². The van der Waals surface area contributed by atoms with Crippen molar-refractivity contribution in [2.75, 3.05) is 26.2 Å². The Hall–Kier alpha value is -1.10. The summed E-state index contributed by atoms with van der Waals surface area (Å²) in [4.78, 5) is 2.25. The molecule has 1 aromatic carbocycles. The minimum absolute atomic E-state index is 0.125. The first-order valence-corrected chi connectivity index (χ1v) is 10.2. The summed E-state index contributed by atoms with van der Waals surface area (Å²) >= 11 is 0. The van der Waals surface area contributed by atoms with Gasteiger partial charge in [0.1, 0.15) is 18.5 Å². The van der Waals surface area contributed by atoms with E-state index in [1.54, 1.807) is 0 Å². The van der Waals surface area contributed by atoms with Gasteiger partial charge >= 0.3 is 0 Å². The van der Waals surface area contributed by atoms with E-state index in [1.165, 1.54) is 5.56 Å². The van der Waals surface area contributed by atoms with E-state index in [-0.39, 0.29) is 23.0 Å². The summed E-state index contributed by atoms with van der Waals surface area (Å²) in [7, 11) is 0. The van der Waals surface area contributed by atoms with Gasteiger partial charge in [-0.05, 0) is 48.8 Å². The quantitative estimate of drug-likeness (QED) is 0.771. The predicted molar refractivity (Wildman–Crippen MR) is 111 cm³/mol. The highest BCUT2D eigenvalue weighted by atomic mass is 16.5. The molecule has 0 amide bonds. The second-order valence-electron chi connectivity index (χ2n) is 10.1. The summed E-state index contributed by atoms with van der Waals surface area (Å²) in [5, 5.41) is 10.3. The third kappa shape index (κ3) is 7.44. The Morgan fingerprint density at radius 3 is 2.15 bits per heavy atom. The highest BCUT2D eigenvalue weighted by Crippen LogP contribution is 2.36. The van der Waals surface area contributed by atoms with Crippen molar-refractivity contribution in [2.45, 2.75) is 78.6 Å². The maximum atomic E-state index is 10.3. The fraction of sp³-hybridized carbons (Fsp3) is 0.739. The molecule has 4 nitrogen and oxygen atoms in total. The van der Waals surface area contributed by atoms with Gasteiger partial charge in [-0.25, -0.2) is 0 Å². The van der Waals surface area contributed by atoms with Crippen molar-refractivity contribution in [1.82, 2.24) is 4.90 Å². The van der Waals surface area contributed by atoms with Gasteiger partial charge in [-0.3, -0.25) is 4.90 Å². The fourth-order valence-electron chi connectivity index (χ4n) is 4.41. The van der Waals surface area contributed by atoms with Crippen LogP contribution < -0.4 is 4.74 Å². The van der Waals surface area contributed by atoms with Crippen LogP contribution in [0, 0.1) is 5.41 Å². The van der Waals surface area contributed by atoms with Gasteiger partial charge < -0.3 is 14.6 Å². The van der Waals surface area contributed by atoms with E-state index in [2.05, 4.69) is 65.5 Å². The van der Waals surface area contributed by atoms with Gasteiger partial charge in [0.05, 0.1) is 12.2 Å². The predicted octanol–water partition coefficient (Wildman–Crippen LogP) is 4.25. The first-order valence-electron chi connectivity index (χ1n) is 10.2. The molecule has 1 N–H and O–H groups in total. The number of hydrogen-bond acceptors (Lipinski definition) is 4. The van der Waals surface area contributed by atoms with Gasteiger partial charge in [0, 0.05) is 19.6 Å². The monoisotopic (exact) mass is 377 g/mol. The molecule has 1 heterocycles. The standard InChI is InChI=1S/C23H39NO3/c1-17-12-24(13-18(2)27-17)14-20(25)15-26-21-10-8-19(9-11-21)23(6,7)16-22(3,4)5/h8-11,17-18,20,25H,12-16H2,1-7H3. The first kappa shape index (κ1) is 22.2. The largest absolute Gasteiger partial charge is 0.491 e. The van der Waals surface area contributed by atoms with E-state index in [1.807, 2.05) is 12.1 Å². The average molecular weight is 378 g/mol. The molecule has 27 heavy (non-hydrogen) atoms. The van der Waals surface area contributed by atoms with Crippen molar-refractivity contribution in [3.63, 3.8) is 0 Å². The molecule has 154 valence electrons. The zero-order chi connectivity index (χ0) is 20.2. The molecule has 0 saturated carbocycles. The Morgan fingerprint density at radius 2 is 1.63 bits per heavy atom. The Balaban J connectivity index is 1.84. The number of β-amino-alcohol motifs (C(OH)–C–C–N with tert-alkyl or cyclic N) is 1. The number of aliphatic hydroxyl groups excluding tert-OH is 1. The molecule has 3 atom stereocenters. The van der Waals surface area contributed by atoms with Crippen LogP contribution in [0.5, 0.6) is 5.75 Å². The normalized spacial score (nSPS) is 23.3. The van der Waals surface area contributed by atoms with E-state index < -0.39 is 6.10 Å². The Kier molecular flexibility index (Phi) is 7.34. The maximum absolute atomic E-state index is 10.3. The smallest absolute Gasteiger partial charge is 0.119 e. The minimum Gasteiger partial charge on any atom is -0.491 e. The van der Waals surface area contributed by atoms with Gasteiger partial charge in [-0.1, -0.05) is 46.8 Å². The number of benzene rings is 1. The number of nitrogens with zero attached hydrogens (tertiary/aromatic N) is 1. The molecule has 4 heteroatoms. The Bertz CT molecular complexity index is 566. The second-order valence-corrected chi connectivity index (χ2v) is 10.1. The van der Waals surface area contributed by atoms with Gasteiger partial charge in [-0.15, -0.1) is 0 Å². The van der Waals surface area contributed by atoms with Gasteiger partial charge in [0.15, 0.2) is 0 Å². The summed E-state index contributed by atoms with van der Waals surface area (Å²) < 4.78 is 11.6. The topological polar surface area (TPSA) is 41.9 Å². The molecule has 0 bridgehead atoms. The summed E-state index contributed by atoms with van der Waals surface area (Å²) in [6, 6.07) is 8.34. The third-order valence-electron chi connectivity index (χ3n) is 5.01. The van der Waals surface area contributed by atoms with Gasteiger partial charge in [0.2, 0.25) is 0 Å². The molecule has 0 spiro atoms. The number of morpholine rings is 1. The van der Waals surface area contributed by atoms with E-state index in [0.717, 1.165) is 25.3 Å². The highest BCUT2D eigenvalue weighted by Gasteiger charge is 2.27.